The third kappa shape index (κ3) is 4.42. The zero-order valence-corrected chi connectivity index (χ0v) is 16.3. The molecule has 2 aliphatic rings. The van der Waals surface area contributed by atoms with Gasteiger partial charge >= 0.3 is 12.1 Å². The minimum atomic E-state index is -0.510. The molecule has 0 bridgehead atoms. The van der Waals surface area contributed by atoms with Gasteiger partial charge in [0.25, 0.3) is 5.69 Å². The van der Waals surface area contributed by atoms with Crippen LogP contribution in [0.2, 0.25) is 0 Å². The van der Waals surface area contributed by atoms with Gasteiger partial charge in [0.1, 0.15) is 12.7 Å². The number of amides is 1. The van der Waals surface area contributed by atoms with E-state index in [1.807, 2.05) is 30.3 Å². The lowest BCUT2D eigenvalue weighted by Gasteiger charge is -2.19. The molecular weight excluding hydrogens is 388 g/mol. The van der Waals surface area contributed by atoms with Crippen molar-refractivity contribution in [3.63, 3.8) is 0 Å². The van der Waals surface area contributed by atoms with E-state index in [1.165, 1.54) is 24.3 Å². The second kappa shape index (κ2) is 8.52. The van der Waals surface area contributed by atoms with Crippen LogP contribution < -0.4 is 0 Å². The number of hydrogen-bond acceptors (Lipinski definition) is 6. The number of nitro benzene ring substituents is 1. The molecule has 1 saturated heterocycles. The molecule has 2 aromatic rings. The lowest BCUT2D eigenvalue weighted by atomic mass is 10.0. The molecule has 156 valence electrons. The predicted molar refractivity (Wildman–Crippen MR) is 107 cm³/mol. The van der Waals surface area contributed by atoms with Gasteiger partial charge in [0.05, 0.1) is 10.5 Å². The normalized spacial score (nSPS) is 22.4. The molecule has 2 fully saturated rings. The smallest absolute Gasteiger partial charge is 0.410 e. The van der Waals surface area contributed by atoms with Crippen LogP contribution in [0.5, 0.6) is 0 Å². The molecule has 1 saturated carbocycles. The number of nitro groups is 1. The lowest BCUT2D eigenvalue weighted by Crippen LogP contribution is -2.31. The number of fused-ring (bicyclic) bond motifs is 1. The van der Waals surface area contributed by atoms with Crippen LogP contribution in [0.3, 0.4) is 0 Å². The number of nitrogens with zero attached hydrogens (tertiary/aromatic N) is 2. The Kier molecular flexibility index (Phi) is 5.65. The quantitative estimate of drug-likeness (QED) is 0.422. The second-order valence-corrected chi connectivity index (χ2v) is 7.77. The van der Waals surface area contributed by atoms with Crippen molar-refractivity contribution in [2.45, 2.75) is 25.6 Å². The summed E-state index contributed by atoms with van der Waals surface area (Å²) in [6.07, 6.45) is 0.885. The van der Waals surface area contributed by atoms with E-state index in [4.69, 9.17) is 9.47 Å². The zero-order valence-electron chi connectivity index (χ0n) is 16.3. The first-order valence-corrected chi connectivity index (χ1v) is 9.90. The summed E-state index contributed by atoms with van der Waals surface area (Å²) >= 11 is 0. The van der Waals surface area contributed by atoms with Gasteiger partial charge in [-0.3, -0.25) is 10.1 Å². The number of esters is 1. The summed E-state index contributed by atoms with van der Waals surface area (Å²) in [7, 11) is 0. The molecule has 1 unspecified atom stereocenters. The highest BCUT2D eigenvalue weighted by atomic mass is 16.6. The standard InChI is InChI=1S/C22H22N2O6/c25-21(16-6-8-19(9-7-16)24(27)28)30-20-10-17-12-23(13-18(17)11-20)22(26)29-14-15-4-2-1-3-5-15/h1-9,17-18,20H,10-14H2/t17-,18+,20?. The monoisotopic (exact) mass is 410 g/mol. The van der Waals surface area contributed by atoms with Gasteiger partial charge in [0, 0.05) is 25.2 Å². The molecule has 30 heavy (non-hydrogen) atoms. The van der Waals surface area contributed by atoms with Gasteiger partial charge in [-0.25, -0.2) is 9.59 Å². The third-order valence-electron chi connectivity index (χ3n) is 5.76. The van der Waals surface area contributed by atoms with Crippen LogP contribution in [0.4, 0.5) is 10.5 Å². The molecule has 0 N–H and O–H groups in total. The van der Waals surface area contributed by atoms with E-state index in [9.17, 15) is 19.7 Å². The van der Waals surface area contributed by atoms with E-state index < -0.39 is 10.9 Å². The molecule has 1 amide bonds. The van der Waals surface area contributed by atoms with Crippen molar-refractivity contribution in [1.82, 2.24) is 4.90 Å². The average Bonchev–Trinajstić information content (AvgIpc) is 3.31. The number of non-ortho nitro benzene ring substituents is 1. The number of hydrogen-bond donors (Lipinski definition) is 0. The summed E-state index contributed by atoms with van der Waals surface area (Å²) in [5.74, 6) is 0.0851. The van der Waals surface area contributed by atoms with Gasteiger partial charge in [0.2, 0.25) is 0 Å². The van der Waals surface area contributed by atoms with Crippen molar-refractivity contribution in [1.29, 1.82) is 0 Å². The van der Waals surface area contributed by atoms with Crippen LogP contribution in [0, 0.1) is 22.0 Å². The molecule has 0 radical (unpaired) electrons. The molecule has 8 heteroatoms. The molecule has 1 aliphatic heterocycles. The van der Waals surface area contributed by atoms with Gasteiger partial charge in [-0.2, -0.15) is 0 Å². The second-order valence-electron chi connectivity index (χ2n) is 7.77. The topological polar surface area (TPSA) is 99.0 Å². The summed E-state index contributed by atoms with van der Waals surface area (Å²) in [6, 6.07) is 14.9. The fourth-order valence-corrected chi connectivity index (χ4v) is 4.24. The minimum Gasteiger partial charge on any atom is -0.459 e. The van der Waals surface area contributed by atoms with E-state index in [0.717, 1.165) is 5.56 Å². The Labute approximate surface area is 173 Å². The lowest BCUT2D eigenvalue weighted by molar-refractivity contribution is -0.384. The number of ether oxygens (including phenoxy) is 2. The van der Waals surface area contributed by atoms with Crippen LogP contribution in [0.25, 0.3) is 0 Å². The summed E-state index contributed by atoms with van der Waals surface area (Å²) < 4.78 is 11.0. The molecule has 1 heterocycles. The van der Waals surface area contributed by atoms with Crippen LogP contribution >= 0.6 is 0 Å². The first-order valence-electron chi connectivity index (χ1n) is 9.90. The van der Waals surface area contributed by atoms with E-state index in [1.54, 1.807) is 4.90 Å². The Hall–Kier alpha value is -3.42. The molecule has 4 rings (SSSR count). The summed E-state index contributed by atoms with van der Waals surface area (Å²) in [6.45, 7) is 1.45. The van der Waals surface area contributed by atoms with Crippen LogP contribution in [0.15, 0.2) is 54.6 Å². The number of carbonyl (C=O) groups is 2. The van der Waals surface area contributed by atoms with Crippen molar-refractivity contribution >= 4 is 17.7 Å². The number of likely N-dealkylation sites (tertiary alicyclic amines) is 1. The molecule has 0 spiro atoms. The largest absolute Gasteiger partial charge is 0.459 e. The Balaban J connectivity index is 1.24. The van der Waals surface area contributed by atoms with Crippen molar-refractivity contribution in [2.75, 3.05) is 13.1 Å². The van der Waals surface area contributed by atoms with Crippen molar-refractivity contribution in [3.8, 4) is 0 Å². The summed E-state index contributed by atoms with van der Waals surface area (Å²) in [4.78, 5) is 36.6. The Morgan fingerprint density at radius 3 is 2.23 bits per heavy atom. The van der Waals surface area contributed by atoms with E-state index in [0.29, 0.717) is 31.5 Å². The van der Waals surface area contributed by atoms with Crippen molar-refractivity contribution in [2.24, 2.45) is 11.8 Å². The fraction of sp³-hybridized carbons (Fsp3) is 0.364. The number of rotatable bonds is 5. The molecule has 8 nitrogen and oxygen atoms in total. The molecular formula is C22H22N2O6. The average molecular weight is 410 g/mol. The summed E-state index contributed by atoms with van der Waals surface area (Å²) in [5.41, 5.74) is 1.17. The minimum absolute atomic E-state index is 0.0683. The first-order chi connectivity index (χ1) is 14.5. The number of carbonyl (C=O) groups excluding carboxylic acids is 2. The van der Waals surface area contributed by atoms with Gasteiger partial charge in [-0.05, 0) is 42.4 Å². The molecule has 0 aromatic heterocycles. The number of benzene rings is 2. The first kappa shape index (κ1) is 19.9. The Morgan fingerprint density at radius 1 is 1.00 bits per heavy atom. The molecule has 3 atom stereocenters. The maximum absolute atomic E-state index is 12.3. The fourth-order valence-electron chi connectivity index (χ4n) is 4.24. The SMILES string of the molecule is O=C(OC1C[C@@H]2CN(C(=O)OCc3ccccc3)C[C@@H]2C1)c1ccc([N+](=O)[O-])cc1. The maximum Gasteiger partial charge on any atom is 0.410 e. The van der Waals surface area contributed by atoms with Crippen LogP contribution in [-0.2, 0) is 16.1 Å². The molecule has 2 aromatic carbocycles. The highest BCUT2D eigenvalue weighted by Crippen LogP contribution is 2.40. The summed E-state index contributed by atoms with van der Waals surface area (Å²) in [5, 5.41) is 10.7. The van der Waals surface area contributed by atoms with Crippen LogP contribution in [-0.4, -0.2) is 41.1 Å². The van der Waals surface area contributed by atoms with Gasteiger partial charge < -0.3 is 14.4 Å². The third-order valence-corrected chi connectivity index (χ3v) is 5.76. The molecule has 1 aliphatic carbocycles. The Bertz CT molecular complexity index is 916. The van der Waals surface area contributed by atoms with Crippen LogP contribution in [0.1, 0.15) is 28.8 Å². The van der Waals surface area contributed by atoms with Crippen molar-refractivity contribution < 1.29 is 24.0 Å². The highest BCUT2D eigenvalue weighted by molar-refractivity contribution is 5.89. The van der Waals surface area contributed by atoms with E-state index in [2.05, 4.69) is 0 Å². The Morgan fingerprint density at radius 2 is 1.63 bits per heavy atom. The van der Waals surface area contributed by atoms with Gasteiger partial charge in [0.15, 0.2) is 0 Å². The van der Waals surface area contributed by atoms with E-state index >= 15 is 0 Å². The zero-order chi connectivity index (χ0) is 21.1. The maximum atomic E-state index is 12.3. The van der Waals surface area contributed by atoms with Gasteiger partial charge in [-0.15, -0.1) is 0 Å². The van der Waals surface area contributed by atoms with E-state index in [-0.39, 0.29) is 36.3 Å². The van der Waals surface area contributed by atoms with Crippen molar-refractivity contribution in [3.05, 3.63) is 75.8 Å². The highest BCUT2D eigenvalue weighted by Gasteiger charge is 2.44. The van der Waals surface area contributed by atoms with Gasteiger partial charge in [-0.1, -0.05) is 30.3 Å². The predicted octanol–water partition coefficient (Wildman–Crippen LogP) is 3.80.